The van der Waals surface area contributed by atoms with Gasteiger partial charge in [-0.3, -0.25) is 0 Å². The number of esters is 1. The molecule has 2 bridgehead atoms. The quantitative estimate of drug-likeness (QED) is 0.0427. The van der Waals surface area contributed by atoms with E-state index in [1.807, 2.05) is 43.2 Å². The predicted molar refractivity (Wildman–Crippen MR) is 225 cm³/mol. The molecule has 56 heavy (non-hydrogen) atoms. The highest BCUT2D eigenvalue weighted by molar-refractivity contribution is 6.76. The van der Waals surface area contributed by atoms with Crippen LogP contribution in [0, 0.1) is 0 Å². The molecule has 15 heteroatoms. The van der Waals surface area contributed by atoms with Crippen molar-refractivity contribution in [1.82, 2.24) is 24.5 Å². The van der Waals surface area contributed by atoms with Gasteiger partial charge in [-0.1, -0.05) is 51.9 Å². The highest BCUT2D eigenvalue weighted by Gasteiger charge is 2.46. The van der Waals surface area contributed by atoms with E-state index in [1.165, 1.54) is 7.11 Å². The van der Waals surface area contributed by atoms with E-state index in [0.29, 0.717) is 44.1 Å². The zero-order valence-electron chi connectivity index (χ0n) is 35.6. The second-order valence-corrected chi connectivity index (χ2v) is 29.7. The maximum Gasteiger partial charge on any atom is 0.410 e. The van der Waals surface area contributed by atoms with Gasteiger partial charge >= 0.3 is 12.1 Å². The molecule has 308 valence electrons. The minimum atomic E-state index is -1.36. The van der Waals surface area contributed by atoms with Gasteiger partial charge in [-0.2, -0.15) is 9.61 Å². The number of aromatic nitrogens is 4. The van der Waals surface area contributed by atoms with Gasteiger partial charge in [0.1, 0.15) is 36.3 Å². The van der Waals surface area contributed by atoms with E-state index >= 15 is 0 Å². The molecule has 13 nitrogen and oxygen atoms in total. The summed E-state index contributed by atoms with van der Waals surface area (Å²) < 4.78 is 31.8. The normalized spacial score (nSPS) is 18.6. The van der Waals surface area contributed by atoms with E-state index in [1.54, 1.807) is 18.5 Å². The molecule has 1 amide bonds. The molecule has 0 radical (unpaired) electrons. The number of nitrogens with zero attached hydrogens (tertiary/aromatic N) is 6. The number of carbonyl (C=O) groups excluding carboxylic acids is 2. The average molecular weight is 809 g/mol. The Bertz CT molecular complexity index is 1810. The summed E-state index contributed by atoms with van der Waals surface area (Å²) in [7, 11) is -1.39. The minimum absolute atomic E-state index is 0.00799. The summed E-state index contributed by atoms with van der Waals surface area (Å²) in [5, 5.41) is 4.96. The highest BCUT2D eigenvalue weighted by Crippen LogP contribution is 2.47. The van der Waals surface area contributed by atoms with Crippen LogP contribution in [0.1, 0.15) is 81.0 Å². The number of hydrogen-bond acceptors (Lipinski definition) is 11. The van der Waals surface area contributed by atoms with Crippen LogP contribution >= 0.6 is 0 Å². The third-order valence-corrected chi connectivity index (χ3v) is 13.6. The Hall–Kier alpha value is -3.80. The van der Waals surface area contributed by atoms with Crippen molar-refractivity contribution in [1.29, 1.82) is 0 Å². The molecule has 2 aliphatic rings. The third kappa shape index (κ3) is 10.8. The number of piperidine rings is 1. The summed E-state index contributed by atoms with van der Waals surface area (Å²) in [4.78, 5) is 39.6. The number of methoxy groups -OCH3 is 1. The highest BCUT2D eigenvalue weighted by atomic mass is 28.3. The number of pyridine rings is 1. The van der Waals surface area contributed by atoms with Crippen LogP contribution in [-0.2, 0) is 23.7 Å². The molecular formula is C41H64N6O7Si2. The summed E-state index contributed by atoms with van der Waals surface area (Å²) >= 11 is 0. The van der Waals surface area contributed by atoms with Crippen LogP contribution in [-0.4, -0.2) is 111 Å². The van der Waals surface area contributed by atoms with E-state index in [2.05, 4.69) is 55.7 Å². The molecule has 5 rings (SSSR count). The molecule has 2 saturated heterocycles. The van der Waals surface area contributed by atoms with Crippen molar-refractivity contribution in [3.63, 3.8) is 0 Å². The lowest BCUT2D eigenvalue weighted by atomic mass is 9.85. The fourth-order valence-electron chi connectivity index (χ4n) is 7.36. The Morgan fingerprint density at radius 2 is 1.55 bits per heavy atom. The second kappa shape index (κ2) is 17.8. The lowest BCUT2D eigenvalue weighted by Gasteiger charge is -2.40. The van der Waals surface area contributed by atoms with Crippen molar-refractivity contribution in [2.45, 2.75) is 128 Å². The van der Waals surface area contributed by atoms with Gasteiger partial charge in [0, 0.05) is 64.7 Å². The number of carbonyl (C=O) groups is 2. The van der Waals surface area contributed by atoms with Gasteiger partial charge in [0.15, 0.2) is 5.65 Å². The Morgan fingerprint density at radius 3 is 2.05 bits per heavy atom. The number of rotatable bonds is 17. The lowest BCUT2D eigenvalue weighted by molar-refractivity contribution is 0.00564. The Morgan fingerprint density at radius 1 is 0.946 bits per heavy atom. The van der Waals surface area contributed by atoms with Gasteiger partial charge in [-0.25, -0.2) is 19.6 Å². The zero-order chi connectivity index (χ0) is 41.0. The van der Waals surface area contributed by atoms with Crippen molar-refractivity contribution in [3.8, 4) is 11.1 Å². The molecular weight excluding hydrogens is 745 g/mol. The average Bonchev–Trinajstić information content (AvgIpc) is 3.66. The molecule has 0 N–H and O–H groups in total. The molecule has 1 unspecified atom stereocenters. The Labute approximate surface area is 335 Å². The van der Waals surface area contributed by atoms with E-state index < -0.39 is 27.7 Å². The topological polar surface area (TPSA) is 130 Å². The number of ether oxygens (including phenoxy) is 5. The molecule has 3 aromatic rings. The van der Waals surface area contributed by atoms with Gasteiger partial charge < -0.3 is 33.5 Å². The van der Waals surface area contributed by atoms with Crippen LogP contribution in [0.4, 0.5) is 10.6 Å². The van der Waals surface area contributed by atoms with E-state index in [0.717, 1.165) is 53.1 Å². The number of amides is 1. The molecule has 3 atom stereocenters. The molecule has 3 aromatic heterocycles. The summed E-state index contributed by atoms with van der Waals surface area (Å²) in [5.74, 6) is 0.678. The second-order valence-electron chi connectivity index (χ2n) is 18.4. The lowest BCUT2D eigenvalue weighted by Crippen LogP contribution is -2.48. The van der Waals surface area contributed by atoms with Crippen LogP contribution in [0.25, 0.3) is 22.5 Å². The first-order valence-electron chi connectivity index (χ1n) is 20.0. The number of hydrogen-bond donors (Lipinski definition) is 0. The van der Waals surface area contributed by atoms with Gasteiger partial charge in [0.05, 0.1) is 31.2 Å². The van der Waals surface area contributed by atoms with Crippen molar-refractivity contribution in [2.75, 3.05) is 45.3 Å². The summed E-state index contributed by atoms with van der Waals surface area (Å²) in [6.45, 7) is 28.4. The molecule has 5 heterocycles. The third-order valence-electron chi connectivity index (χ3n) is 10.2. The number of fused-ring (bicyclic) bond motifs is 3. The van der Waals surface area contributed by atoms with Crippen LogP contribution in [0.15, 0.2) is 31.1 Å². The Balaban J connectivity index is 1.67. The largest absolute Gasteiger partial charge is 0.494 e. The molecule has 0 aliphatic carbocycles. The summed E-state index contributed by atoms with van der Waals surface area (Å²) in [5.41, 5.74) is 3.33. The van der Waals surface area contributed by atoms with Gasteiger partial charge in [0.25, 0.3) is 0 Å². The first kappa shape index (κ1) is 43.3. The SMILES string of the molecule is C=C(OCC)c1c(C2C[C@H]3CC[C@@H](C2)N3C(=O)OC(C)(C)C)nc2c(-c3ccc(C(=O)OC)nc3)cnn2c1N(COCC[Si](C)(C)C)COCC[Si](C)(C)C. The van der Waals surface area contributed by atoms with E-state index in [4.69, 9.17) is 33.8 Å². The molecule has 0 spiro atoms. The monoisotopic (exact) mass is 808 g/mol. The molecule has 0 aromatic carbocycles. The fraction of sp³-hybridized carbons (Fsp3) is 0.634. The van der Waals surface area contributed by atoms with Crippen LogP contribution in [0.2, 0.25) is 51.4 Å². The maximum absolute atomic E-state index is 13.5. The smallest absolute Gasteiger partial charge is 0.410 e. The van der Waals surface area contributed by atoms with Crippen molar-refractivity contribution < 1.29 is 33.3 Å². The number of anilines is 1. The Kier molecular flexibility index (Phi) is 13.8. The summed E-state index contributed by atoms with van der Waals surface area (Å²) in [6, 6.07) is 5.54. The first-order chi connectivity index (χ1) is 26.3. The van der Waals surface area contributed by atoms with E-state index in [9.17, 15) is 9.59 Å². The predicted octanol–water partition coefficient (Wildman–Crippen LogP) is 8.66. The zero-order valence-corrected chi connectivity index (χ0v) is 37.6. The molecule has 2 aliphatic heterocycles. The molecule has 0 saturated carbocycles. The maximum atomic E-state index is 13.5. The standard InChI is InChI=1S/C41H64N6O7Si2/c1-13-53-28(2)35-36(30-22-31-15-16-32(23-30)46(31)40(49)54-41(3,4)5)44-37-33(29-14-17-34(42-24-29)39(48)50-6)25-43-47(37)38(35)45(26-51-18-20-55(7,8)9)27-52-19-21-56(10,11)12/h14,17,24-25,30-32H,2,13,15-16,18-23,26-27H2,1,3-12H3/t30?,31-,32+. The minimum Gasteiger partial charge on any atom is -0.494 e. The van der Waals surface area contributed by atoms with Crippen molar-refractivity contribution >= 4 is 45.4 Å². The van der Waals surface area contributed by atoms with Crippen LogP contribution in [0.3, 0.4) is 0 Å². The first-order valence-corrected chi connectivity index (χ1v) is 27.4. The van der Waals surface area contributed by atoms with E-state index in [-0.39, 0.29) is 43.3 Å². The molecule has 2 fully saturated rings. The van der Waals surface area contributed by atoms with Crippen molar-refractivity contribution in [3.05, 3.63) is 48.1 Å². The summed E-state index contributed by atoms with van der Waals surface area (Å²) in [6.07, 6.45) is 6.39. The van der Waals surface area contributed by atoms with Crippen LogP contribution in [0.5, 0.6) is 0 Å². The van der Waals surface area contributed by atoms with Gasteiger partial charge in [-0.15, -0.1) is 0 Å². The van der Waals surface area contributed by atoms with Crippen LogP contribution < -0.4 is 4.90 Å². The van der Waals surface area contributed by atoms with Crippen molar-refractivity contribution in [2.24, 2.45) is 0 Å². The van der Waals surface area contributed by atoms with Gasteiger partial charge in [-0.05, 0) is 71.5 Å². The fourth-order valence-corrected chi connectivity index (χ4v) is 8.87. The van der Waals surface area contributed by atoms with Gasteiger partial charge in [0.2, 0.25) is 0 Å².